The second-order valence-electron chi connectivity index (χ2n) is 5.27. The van der Waals surface area contributed by atoms with Crippen LogP contribution in [0.3, 0.4) is 0 Å². The van der Waals surface area contributed by atoms with E-state index >= 15 is 0 Å². The number of nitrogens with zero attached hydrogens (tertiary/aromatic N) is 4. The molecule has 0 aromatic carbocycles. The summed E-state index contributed by atoms with van der Waals surface area (Å²) in [7, 11) is 0. The monoisotopic (exact) mass is 333 g/mol. The fraction of sp³-hybridized carbons (Fsp3) is 0. The SMILES string of the molecule is c1csc(-c2ccnc3nc(-c4cc(-c5cn[nH]c5)n[nH]4)[nH]c23)c1. The molecule has 5 heterocycles. The smallest absolute Gasteiger partial charge is 0.178 e. The third-order valence-corrected chi connectivity index (χ3v) is 4.71. The van der Waals surface area contributed by atoms with E-state index < -0.39 is 0 Å². The van der Waals surface area contributed by atoms with Crippen molar-refractivity contribution >= 4 is 22.5 Å². The lowest BCUT2D eigenvalue weighted by atomic mass is 10.2. The van der Waals surface area contributed by atoms with Gasteiger partial charge in [-0.15, -0.1) is 11.3 Å². The van der Waals surface area contributed by atoms with E-state index in [0.717, 1.165) is 28.0 Å². The molecule has 0 unspecified atom stereocenters. The summed E-state index contributed by atoms with van der Waals surface area (Å²) in [6, 6.07) is 8.07. The number of hydrogen-bond donors (Lipinski definition) is 3. The molecule has 0 amide bonds. The summed E-state index contributed by atoms with van der Waals surface area (Å²) >= 11 is 1.69. The normalized spacial score (nSPS) is 11.3. The molecule has 0 saturated carbocycles. The van der Waals surface area contributed by atoms with E-state index in [1.165, 1.54) is 4.88 Å². The Bertz CT molecular complexity index is 1100. The van der Waals surface area contributed by atoms with E-state index in [-0.39, 0.29) is 0 Å². The van der Waals surface area contributed by atoms with Crippen molar-refractivity contribution in [2.24, 2.45) is 0 Å². The highest BCUT2D eigenvalue weighted by molar-refractivity contribution is 7.13. The summed E-state index contributed by atoms with van der Waals surface area (Å²) in [5.74, 6) is 0.712. The largest absolute Gasteiger partial charge is 0.335 e. The van der Waals surface area contributed by atoms with E-state index in [4.69, 9.17) is 0 Å². The Labute approximate surface area is 139 Å². The summed E-state index contributed by atoms with van der Waals surface area (Å²) in [6.07, 6.45) is 5.32. The average Bonchev–Trinajstić information content (AvgIpc) is 3.42. The fourth-order valence-electron chi connectivity index (χ4n) is 2.66. The number of imidazole rings is 1. The Kier molecular flexibility index (Phi) is 2.83. The first-order valence-corrected chi connectivity index (χ1v) is 8.20. The van der Waals surface area contributed by atoms with E-state index in [0.29, 0.717) is 11.5 Å². The van der Waals surface area contributed by atoms with E-state index in [1.54, 1.807) is 29.9 Å². The molecule has 0 aliphatic heterocycles. The second-order valence-corrected chi connectivity index (χ2v) is 6.22. The van der Waals surface area contributed by atoms with Crippen LogP contribution in [0.1, 0.15) is 0 Å². The van der Waals surface area contributed by atoms with Crippen LogP contribution in [0.4, 0.5) is 0 Å². The van der Waals surface area contributed by atoms with Gasteiger partial charge in [-0.2, -0.15) is 10.2 Å². The lowest BCUT2D eigenvalue weighted by Crippen LogP contribution is -1.80. The van der Waals surface area contributed by atoms with Crippen LogP contribution in [0.25, 0.3) is 44.4 Å². The van der Waals surface area contributed by atoms with Crippen LogP contribution in [0.15, 0.2) is 48.2 Å². The Hall–Kier alpha value is -3.26. The van der Waals surface area contributed by atoms with Gasteiger partial charge in [0.2, 0.25) is 0 Å². The van der Waals surface area contributed by atoms with E-state index in [2.05, 4.69) is 46.8 Å². The zero-order valence-electron chi connectivity index (χ0n) is 12.3. The molecule has 5 aromatic heterocycles. The molecule has 0 bridgehead atoms. The molecular formula is C16H11N7S. The maximum atomic E-state index is 4.59. The van der Waals surface area contributed by atoms with Crippen LogP contribution < -0.4 is 0 Å². The van der Waals surface area contributed by atoms with Crippen molar-refractivity contribution in [1.82, 2.24) is 35.3 Å². The average molecular weight is 333 g/mol. The summed E-state index contributed by atoms with van der Waals surface area (Å²) in [6.45, 7) is 0. The molecule has 0 fully saturated rings. The van der Waals surface area contributed by atoms with Crippen LogP contribution >= 0.6 is 11.3 Å². The topological polar surface area (TPSA) is 98.9 Å². The van der Waals surface area contributed by atoms with Gasteiger partial charge >= 0.3 is 0 Å². The third-order valence-electron chi connectivity index (χ3n) is 3.81. The second kappa shape index (κ2) is 5.14. The number of aromatic amines is 3. The first kappa shape index (κ1) is 13.2. The van der Waals surface area contributed by atoms with Crippen molar-refractivity contribution in [3.8, 4) is 33.2 Å². The van der Waals surface area contributed by atoms with Gasteiger partial charge in [-0.1, -0.05) is 6.07 Å². The van der Waals surface area contributed by atoms with Crippen LogP contribution in [0.2, 0.25) is 0 Å². The lowest BCUT2D eigenvalue weighted by Gasteiger charge is -1.97. The number of H-pyrrole nitrogens is 3. The molecule has 0 atom stereocenters. The molecule has 24 heavy (non-hydrogen) atoms. The highest BCUT2D eigenvalue weighted by atomic mass is 32.1. The number of aromatic nitrogens is 7. The number of thiophene rings is 1. The van der Waals surface area contributed by atoms with Gasteiger partial charge in [0.05, 0.1) is 17.4 Å². The Morgan fingerprint density at radius 1 is 1.17 bits per heavy atom. The van der Waals surface area contributed by atoms with Gasteiger partial charge in [-0.25, -0.2) is 9.97 Å². The number of pyridine rings is 1. The van der Waals surface area contributed by atoms with E-state index in [1.807, 2.05) is 18.2 Å². The summed E-state index contributed by atoms with van der Waals surface area (Å²) in [5.41, 5.74) is 5.26. The zero-order chi connectivity index (χ0) is 15.9. The molecule has 0 saturated heterocycles. The van der Waals surface area contributed by atoms with Crippen molar-refractivity contribution in [1.29, 1.82) is 0 Å². The zero-order valence-corrected chi connectivity index (χ0v) is 13.1. The van der Waals surface area contributed by atoms with Gasteiger partial charge in [0.25, 0.3) is 0 Å². The van der Waals surface area contributed by atoms with Crippen LogP contribution in [-0.2, 0) is 0 Å². The third kappa shape index (κ3) is 2.04. The quantitative estimate of drug-likeness (QED) is 0.471. The molecule has 0 aliphatic rings. The number of hydrogen-bond acceptors (Lipinski definition) is 5. The first-order valence-electron chi connectivity index (χ1n) is 7.32. The summed E-state index contributed by atoms with van der Waals surface area (Å²) < 4.78 is 0. The number of fused-ring (bicyclic) bond motifs is 1. The van der Waals surface area contributed by atoms with Crippen LogP contribution in [-0.4, -0.2) is 35.3 Å². The molecule has 0 radical (unpaired) electrons. The molecule has 3 N–H and O–H groups in total. The molecule has 116 valence electrons. The van der Waals surface area contributed by atoms with Crippen LogP contribution in [0, 0.1) is 0 Å². The van der Waals surface area contributed by atoms with Gasteiger partial charge in [0, 0.05) is 28.4 Å². The number of rotatable bonds is 3. The van der Waals surface area contributed by atoms with Gasteiger partial charge < -0.3 is 4.98 Å². The van der Waals surface area contributed by atoms with Crippen LogP contribution in [0.5, 0.6) is 0 Å². The Balaban J connectivity index is 1.62. The lowest BCUT2D eigenvalue weighted by molar-refractivity contribution is 1.08. The van der Waals surface area contributed by atoms with Crippen molar-refractivity contribution < 1.29 is 0 Å². The van der Waals surface area contributed by atoms with Crippen molar-refractivity contribution in [2.75, 3.05) is 0 Å². The molecule has 7 nitrogen and oxygen atoms in total. The van der Waals surface area contributed by atoms with Crippen molar-refractivity contribution in [3.63, 3.8) is 0 Å². The molecule has 8 heteroatoms. The maximum absolute atomic E-state index is 4.59. The van der Waals surface area contributed by atoms with Crippen molar-refractivity contribution in [3.05, 3.63) is 48.2 Å². The number of nitrogens with one attached hydrogen (secondary N) is 3. The highest BCUT2D eigenvalue weighted by Gasteiger charge is 2.14. The predicted molar refractivity (Wildman–Crippen MR) is 92.4 cm³/mol. The maximum Gasteiger partial charge on any atom is 0.178 e. The molecule has 0 aliphatic carbocycles. The molecular weight excluding hydrogens is 322 g/mol. The van der Waals surface area contributed by atoms with Gasteiger partial charge in [-0.05, 0) is 23.6 Å². The Morgan fingerprint density at radius 3 is 3.00 bits per heavy atom. The molecule has 5 rings (SSSR count). The van der Waals surface area contributed by atoms with Gasteiger partial charge in [-0.3, -0.25) is 10.2 Å². The van der Waals surface area contributed by atoms with Crippen molar-refractivity contribution in [2.45, 2.75) is 0 Å². The van der Waals surface area contributed by atoms with Gasteiger partial charge in [0.1, 0.15) is 5.69 Å². The minimum atomic E-state index is 0.690. The Morgan fingerprint density at radius 2 is 2.17 bits per heavy atom. The predicted octanol–water partition coefficient (Wildman–Crippen LogP) is 3.47. The van der Waals surface area contributed by atoms with Gasteiger partial charge in [0.15, 0.2) is 11.5 Å². The molecule has 5 aromatic rings. The highest BCUT2D eigenvalue weighted by Crippen LogP contribution is 2.31. The summed E-state index contributed by atoms with van der Waals surface area (Å²) in [5, 5.41) is 16.1. The standard InChI is InChI=1S/C16H11N7S/c1-2-13(24-5-1)10-3-4-17-16-14(10)20-15(21-16)12-6-11(22-23-12)9-7-18-19-8-9/h1-8H,(H,18,19)(H,22,23)(H,17,20,21). The minimum absolute atomic E-state index is 0.690. The van der Waals surface area contributed by atoms with E-state index in [9.17, 15) is 0 Å². The minimum Gasteiger partial charge on any atom is -0.335 e. The molecule has 0 spiro atoms. The first-order chi connectivity index (χ1) is 11.9. The summed E-state index contributed by atoms with van der Waals surface area (Å²) in [4.78, 5) is 13.5. The fourth-order valence-corrected chi connectivity index (χ4v) is 3.42.